The lowest BCUT2D eigenvalue weighted by atomic mass is 9.78. The third kappa shape index (κ3) is 4.97. The summed E-state index contributed by atoms with van der Waals surface area (Å²) in [5.74, 6) is 0. The Kier molecular flexibility index (Phi) is 7.71. The summed E-state index contributed by atoms with van der Waals surface area (Å²) in [4.78, 5) is 0. The van der Waals surface area contributed by atoms with Crippen molar-refractivity contribution in [3.05, 3.63) is 120 Å². The zero-order valence-electron chi connectivity index (χ0n) is 27.6. The zero-order chi connectivity index (χ0) is 33.3. The van der Waals surface area contributed by atoms with Gasteiger partial charge in [0.15, 0.2) is 0 Å². The van der Waals surface area contributed by atoms with Gasteiger partial charge in [-0.1, -0.05) is 97.1 Å². The normalized spacial score (nSPS) is 19.8. The van der Waals surface area contributed by atoms with E-state index >= 15 is 0 Å². The number of ether oxygens (including phenoxy) is 2. The van der Waals surface area contributed by atoms with Crippen molar-refractivity contribution < 1.29 is 24.8 Å². The molecule has 0 aliphatic heterocycles. The van der Waals surface area contributed by atoms with Crippen LogP contribution < -0.4 is 0 Å². The molecule has 5 heteroatoms. The first-order valence-electron chi connectivity index (χ1n) is 16.9. The van der Waals surface area contributed by atoms with E-state index in [9.17, 15) is 15.3 Å². The van der Waals surface area contributed by atoms with E-state index < -0.39 is 24.4 Å². The van der Waals surface area contributed by atoms with Crippen LogP contribution in [-0.4, -0.2) is 39.7 Å². The van der Waals surface area contributed by atoms with Gasteiger partial charge in [0.05, 0.1) is 18.8 Å². The fourth-order valence-corrected chi connectivity index (χ4v) is 7.76. The van der Waals surface area contributed by atoms with E-state index in [-0.39, 0.29) is 12.2 Å². The minimum absolute atomic E-state index is 0.126. The van der Waals surface area contributed by atoms with Gasteiger partial charge < -0.3 is 24.8 Å². The van der Waals surface area contributed by atoms with E-state index in [4.69, 9.17) is 9.47 Å². The Morgan fingerprint density at radius 2 is 1.04 bits per heavy atom. The van der Waals surface area contributed by atoms with Crippen LogP contribution in [0.3, 0.4) is 0 Å². The van der Waals surface area contributed by atoms with E-state index in [0.29, 0.717) is 12.2 Å². The van der Waals surface area contributed by atoms with E-state index in [2.05, 4.69) is 92.7 Å². The summed E-state index contributed by atoms with van der Waals surface area (Å²) >= 11 is 0. The molecule has 1 aliphatic carbocycles. The van der Waals surface area contributed by atoms with Crippen molar-refractivity contribution in [1.29, 1.82) is 0 Å². The van der Waals surface area contributed by atoms with Gasteiger partial charge in [0.25, 0.3) is 0 Å². The van der Waals surface area contributed by atoms with Crippen molar-refractivity contribution in [1.82, 2.24) is 0 Å². The van der Waals surface area contributed by atoms with Gasteiger partial charge in [-0.2, -0.15) is 0 Å². The number of aliphatic hydroxyl groups is 3. The molecule has 0 saturated carbocycles. The summed E-state index contributed by atoms with van der Waals surface area (Å²) in [5, 5.41) is 46.3. The maximum Gasteiger partial charge on any atom is 0.113 e. The summed E-state index contributed by atoms with van der Waals surface area (Å²) in [6.07, 6.45) is -4.18. The van der Waals surface area contributed by atoms with Gasteiger partial charge in [0.2, 0.25) is 0 Å². The number of benzene rings is 8. The van der Waals surface area contributed by atoms with Gasteiger partial charge in [0, 0.05) is 0 Å². The molecule has 242 valence electrons. The molecule has 8 aromatic carbocycles. The molecule has 0 saturated heterocycles. The Balaban J connectivity index is 0.000000145. The number of aliphatic hydroxyl groups excluding tert-OH is 3. The van der Waals surface area contributed by atoms with E-state index in [1.54, 1.807) is 0 Å². The summed E-state index contributed by atoms with van der Waals surface area (Å²) in [5.41, 5.74) is 2.68. The topological polar surface area (TPSA) is 79.2 Å². The predicted octanol–water partition coefficient (Wildman–Crippen LogP) is 9.33. The Morgan fingerprint density at radius 3 is 1.62 bits per heavy atom. The molecule has 0 aromatic heterocycles. The van der Waals surface area contributed by atoms with Crippen LogP contribution >= 0.6 is 0 Å². The first kappa shape index (κ1) is 30.9. The molecule has 9 rings (SSSR count). The first-order chi connectivity index (χ1) is 23.2. The van der Waals surface area contributed by atoms with Gasteiger partial charge >= 0.3 is 0 Å². The first-order valence-corrected chi connectivity index (χ1v) is 16.9. The second kappa shape index (κ2) is 12.0. The molecular weight excluding hydrogens is 596 g/mol. The van der Waals surface area contributed by atoms with Gasteiger partial charge in [-0.25, -0.2) is 0 Å². The minimum Gasteiger partial charge on any atom is -0.387 e. The number of hydrogen-bond acceptors (Lipinski definition) is 5. The molecule has 1 unspecified atom stereocenters. The van der Waals surface area contributed by atoms with Crippen molar-refractivity contribution in [2.24, 2.45) is 0 Å². The SMILES string of the molecule is CC(C)OCc1ccc2ccc3cccc4ccc1c2c34.CC(C)O[C@H]1c2c(cc3ccc4cccc5ccc2c3c45)[C@@H](O)C(O)[C@H]1O. The third-order valence-electron chi connectivity index (χ3n) is 9.92. The largest absolute Gasteiger partial charge is 0.387 e. The fourth-order valence-electron chi connectivity index (χ4n) is 7.76. The number of fused-ring (bicyclic) bond motifs is 2. The van der Waals surface area contributed by atoms with E-state index in [0.717, 1.165) is 32.5 Å². The lowest BCUT2D eigenvalue weighted by Crippen LogP contribution is -2.43. The summed E-state index contributed by atoms with van der Waals surface area (Å²) in [6, 6.07) is 36.2. The van der Waals surface area contributed by atoms with Crippen LogP contribution in [0.2, 0.25) is 0 Å². The number of hydrogen-bond donors (Lipinski definition) is 3. The van der Waals surface area contributed by atoms with Crippen LogP contribution in [0.15, 0.2) is 103 Å². The van der Waals surface area contributed by atoms with E-state index in [1.807, 2.05) is 38.1 Å². The molecule has 8 aromatic rings. The average Bonchev–Trinajstić information content (AvgIpc) is 3.09. The molecule has 3 N–H and O–H groups in total. The maximum atomic E-state index is 10.7. The van der Waals surface area contributed by atoms with Crippen LogP contribution in [0, 0.1) is 0 Å². The molecule has 0 spiro atoms. The fraction of sp³-hybridized carbons (Fsp3) is 0.256. The Hall–Kier alpha value is -4.36. The van der Waals surface area contributed by atoms with Crippen molar-refractivity contribution in [3.8, 4) is 0 Å². The van der Waals surface area contributed by atoms with Crippen molar-refractivity contribution in [2.75, 3.05) is 0 Å². The predicted molar refractivity (Wildman–Crippen MR) is 196 cm³/mol. The van der Waals surface area contributed by atoms with Gasteiger partial charge in [0.1, 0.15) is 24.4 Å². The van der Waals surface area contributed by atoms with Crippen LogP contribution in [0.25, 0.3) is 64.6 Å². The standard InChI is InChI=1S/C23H22O4.C20H18O/c1-11(2)27-23-19-15-9-8-13-5-3-4-12-6-7-14(18(15)17(12)13)10-16(19)20(24)21(25)22(23)26;1-13(2)21-12-17-9-8-16-7-6-14-4-3-5-15-10-11-18(17)20(16)19(14)15/h3-11,20-26H,1-2H3;3-11,13H,12H2,1-2H3/t20-,21?,22-,23+;/m1./s1. The Morgan fingerprint density at radius 1 is 0.542 bits per heavy atom. The Bertz CT molecular complexity index is 2380. The average molecular weight is 637 g/mol. The monoisotopic (exact) mass is 636 g/mol. The van der Waals surface area contributed by atoms with Gasteiger partial charge in [-0.3, -0.25) is 0 Å². The molecule has 1 aliphatic rings. The van der Waals surface area contributed by atoms with Crippen molar-refractivity contribution in [3.63, 3.8) is 0 Å². The van der Waals surface area contributed by atoms with Crippen LogP contribution in [0.4, 0.5) is 0 Å². The minimum atomic E-state index is -1.28. The molecule has 0 bridgehead atoms. The van der Waals surface area contributed by atoms with Crippen LogP contribution in [-0.2, 0) is 16.1 Å². The molecule has 0 fully saturated rings. The second-order valence-corrected chi connectivity index (χ2v) is 13.7. The molecule has 48 heavy (non-hydrogen) atoms. The van der Waals surface area contributed by atoms with Crippen LogP contribution in [0.1, 0.15) is 56.6 Å². The highest BCUT2D eigenvalue weighted by Gasteiger charge is 2.43. The molecule has 5 nitrogen and oxygen atoms in total. The van der Waals surface area contributed by atoms with Gasteiger partial charge in [-0.05, 0) is 115 Å². The highest BCUT2D eigenvalue weighted by atomic mass is 16.5. The lowest BCUT2D eigenvalue weighted by Gasteiger charge is -2.39. The molecule has 4 atom stereocenters. The Labute approximate surface area is 279 Å². The highest BCUT2D eigenvalue weighted by molar-refractivity contribution is 6.24. The molecule has 0 amide bonds. The van der Waals surface area contributed by atoms with Gasteiger partial charge in [-0.15, -0.1) is 0 Å². The second-order valence-electron chi connectivity index (χ2n) is 13.7. The third-order valence-corrected chi connectivity index (χ3v) is 9.92. The lowest BCUT2D eigenvalue weighted by molar-refractivity contribution is -0.149. The smallest absolute Gasteiger partial charge is 0.113 e. The van der Waals surface area contributed by atoms with Crippen molar-refractivity contribution in [2.45, 2.75) is 70.9 Å². The summed E-state index contributed by atoms with van der Waals surface area (Å²) in [6.45, 7) is 8.64. The number of rotatable bonds is 5. The van der Waals surface area contributed by atoms with E-state index in [1.165, 1.54) is 43.3 Å². The van der Waals surface area contributed by atoms with Crippen molar-refractivity contribution >= 4 is 64.6 Å². The highest BCUT2D eigenvalue weighted by Crippen LogP contribution is 2.47. The maximum absolute atomic E-state index is 10.7. The molecular formula is C43H40O5. The zero-order valence-corrected chi connectivity index (χ0v) is 27.6. The molecule has 0 radical (unpaired) electrons. The summed E-state index contributed by atoms with van der Waals surface area (Å²) in [7, 11) is 0. The summed E-state index contributed by atoms with van der Waals surface area (Å²) < 4.78 is 11.8. The quantitative estimate of drug-likeness (QED) is 0.164. The molecule has 0 heterocycles. The van der Waals surface area contributed by atoms with Crippen LogP contribution in [0.5, 0.6) is 0 Å².